The number of halogens is 2. The van der Waals surface area contributed by atoms with Crippen LogP contribution in [0.25, 0.3) is 6.08 Å². The van der Waals surface area contributed by atoms with E-state index in [0.29, 0.717) is 10.6 Å². The normalized spacial score (nSPS) is 10.9. The third-order valence-corrected chi connectivity index (χ3v) is 3.01. The fraction of sp³-hybridized carbons (Fsp3) is 0.154. The van der Waals surface area contributed by atoms with Gasteiger partial charge in [0.25, 0.3) is 5.78 Å². The van der Waals surface area contributed by atoms with Crippen molar-refractivity contribution in [2.45, 2.75) is 0 Å². The maximum absolute atomic E-state index is 11.7. The second kappa shape index (κ2) is 7.07. The Hall–Kier alpha value is -1.85. The molecule has 1 aromatic rings. The Morgan fingerprint density at radius 1 is 1.00 bits per heavy atom. The van der Waals surface area contributed by atoms with Gasteiger partial charge < -0.3 is 9.47 Å². The third-order valence-electron chi connectivity index (χ3n) is 2.28. The molecule has 0 spiro atoms. The third kappa shape index (κ3) is 3.82. The Bertz CT molecular complexity index is 592. The maximum Gasteiger partial charge on any atom is 0.379 e. The van der Waals surface area contributed by atoms with Gasteiger partial charge in [0.1, 0.15) is 5.57 Å². The first-order chi connectivity index (χ1) is 9.40. The van der Waals surface area contributed by atoms with E-state index in [-0.39, 0.29) is 5.02 Å². The number of methoxy groups -OCH3 is 2. The summed E-state index contributed by atoms with van der Waals surface area (Å²) >= 11 is 11.6. The van der Waals surface area contributed by atoms with Crippen molar-refractivity contribution < 1.29 is 23.9 Å². The Labute approximate surface area is 125 Å². The number of rotatable bonds is 4. The van der Waals surface area contributed by atoms with Crippen molar-refractivity contribution in [3.63, 3.8) is 0 Å². The van der Waals surface area contributed by atoms with Gasteiger partial charge in [0.05, 0.1) is 24.3 Å². The first-order valence-electron chi connectivity index (χ1n) is 5.28. The van der Waals surface area contributed by atoms with Crippen molar-refractivity contribution in [3.05, 3.63) is 39.4 Å². The van der Waals surface area contributed by atoms with E-state index >= 15 is 0 Å². The Kier molecular flexibility index (Phi) is 5.73. The standard InChI is InChI=1S/C13H10Cl2O5/c1-19-12(17)8(11(16)13(18)20-2)5-7-3-4-9(14)10(15)6-7/h3-6H,1-2H3/b8-5-. The van der Waals surface area contributed by atoms with E-state index in [4.69, 9.17) is 23.2 Å². The number of hydrogen-bond donors (Lipinski definition) is 0. The molecule has 0 aromatic heterocycles. The minimum absolute atomic E-state index is 0.246. The average molecular weight is 317 g/mol. The predicted octanol–water partition coefficient (Wildman–Crippen LogP) is 2.29. The molecule has 0 fully saturated rings. The number of esters is 2. The number of ketones is 1. The second-order valence-electron chi connectivity index (χ2n) is 3.54. The highest BCUT2D eigenvalue weighted by molar-refractivity contribution is 6.48. The first kappa shape index (κ1) is 16.2. The van der Waals surface area contributed by atoms with Crippen molar-refractivity contribution in [1.29, 1.82) is 0 Å². The number of benzene rings is 1. The van der Waals surface area contributed by atoms with Gasteiger partial charge in [0, 0.05) is 0 Å². The van der Waals surface area contributed by atoms with E-state index in [1.807, 2.05) is 0 Å². The Morgan fingerprint density at radius 3 is 2.10 bits per heavy atom. The zero-order valence-corrected chi connectivity index (χ0v) is 12.1. The summed E-state index contributed by atoms with van der Waals surface area (Å²) in [5.74, 6) is -3.22. The smallest absolute Gasteiger partial charge is 0.379 e. The van der Waals surface area contributed by atoms with Crippen LogP contribution in [0.2, 0.25) is 10.0 Å². The van der Waals surface area contributed by atoms with Crippen molar-refractivity contribution >= 4 is 47.0 Å². The molecule has 0 amide bonds. The minimum Gasteiger partial charge on any atom is -0.465 e. The predicted molar refractivity (Wildman–Crippen MR) is 73.5 cm³/mol. The van der Waals surface area contributed by atoms with Crippen LogP contribution in [0, 0.1) is 0 Å². The van der Waals surface area contributed by atoms with Crippen LogP contribution in [-0.4, -0.2) is 31.9 Å². The fourth-order valence-electron chi connectivity index (χ4n) is 1.30. The van der Waals surface area contributed by atoms with Gasteiger partial charge in [-0.05, 0) is 23.8 Å². The first-order valence-corrected chi connectivity index (χ1v) is 6.04. The van der Waals surface area contributed by atoms with Crippen LogP contribution >= 0.6 is 23.2 Å². The van der Waals surface area contributed by atoms with Gasteiger partial charge in [-0.2, -0.15) is 0 Å². The molecule has 20 heavy (non-hydrogen) atoms. The SMILES string of the molecule is COC(=O)C(=O)/C(=C/c1ccc(Cl)c(Cl)c1)C(=O)OC. The molecule has 0 N–H and O–H groups in total. The topological polar surface area (TPSA) is 69.7 Å². The van der Waals surface area contributed by atoms with Crippen molar-refractivity contribution in [3.8, 4) is 0 Å². The van der Waals surface area contributed by atoms with Gasteiger partial charge in [-0.25, -0.2) is 9.59 Å². The van der Waals surface area contributed by atoms with E-state index in [1.54, 1.807) is 0 Å². The molecular formula is C13H10Cl2O5. The van der Waals surface area contributed by atoms with E-state index in [0.717, 1.165) is 14.2 Å². The molecule has 0 aliphatic carbocycles. The average Bonchev–Trinajstić information content (AvgIpc) is 2.45. The molecule has 0 aliphatic rings. The molecule has 1 rings (SSSR count). The van der Waals surface area contributed by atoms with Gasteiger partial charge in [-0.1, -0.05) is 29.3 Å². The lowest BCUT2D eigenvalue weighted by Crippen LogP contribution is -2.23. The quantitative estimate of drug-likeness (QED) is 0.280. The number of hydrogen-bond acceptors (Lipinski definition) is 5. The molecule has 0 saturated heterocycles. The molecule has 0 aliphatic heterocycles. The van der Waals surface area contributed by atoms with E-state index < -0.39 is 23.3 Å². The van der Waals surface area contributed by atoms with Crippen LogP contribution in [-0.2, 0) is 23.9 Å². The molecular weight excluding hydrogens is 307 g/mol. The minimum atomic E-state index is -1.17. The molecule has 0 atom stereocenters. The molecule has 5 nitrogen and oxygen atoms in total. The zero-order valence-electron chi connectivity index (χ0n) is 10.6. The van der Waals surface area contributed by atoms with Gasteiger partial charge in [0.15, 0.2) is 0 Å². The second-order valence-corrected chi connectivity index (χ2v) is 4.36. The summed E-state index contributed by atoms with van der Waals surface area (Å²) in [4.78, 5) is 34.5. The number of carbonyl (C=O) groups excluding carboxylic acids is 3. The van der Waals surface area contributed by atoms with Gasteiger partial charge in [-0.15, -0.1) is 0 Å². The summed E-state index contributed by atoms with van der Waals surface area (Å²) in [6, 6.07) is 4.46. The fourth-order valence-corrected chi connectivity index (χ4v) is 1.61. The number of carbonyl (C=O) groups is 3. The molecule has 0 saturated carbocycles. The molecule has 1 aromatic carbocycles. The van der Waals surface area contributed by atoms with Crippen LogP contribution in [0.1, 0.15) is 5.56 Å². The van der Waals surface area contributed by atoms with E-state index in [1.165, 1.54) is 24.3 Å². The maximum atomic E-state index is 11.7. The molecule has 7 heteroatoms. The monoisotopic (exact) mass is 316 g/mol. The van der Waals surface area contributed by atoms with E-state index in [9.17, 15) is 14.4 Å². The highest BCUT2D eigenvalue weighted by Gasteiger charge is 2.26. The summed E-state index contributed by atoms with van der Waals surface area (Å²) in [6.45, 7) is 0. The lowest BCUT2D eigenvalue weighted by Gasteiger charge is -2.04. The van der Waals surface area contributed by atoms with Gasteiger partial charge in [0.2, 0.25) is 0 Å². The summed E-state index contributed by atoms with van der Waals surface area (Å²) in [5, 5.41) is 0.567. The van der Waals surface area contributed by atoms with Crippen LogP contribution in [0.4, 0.5) is 0 Å². The molecule has 0 bridgehead atoms. The van der Waals surface area contributed by atoms with Crippen LogP contribution in [0.15, 0.2) is 23.8 Å². The van der Waals surface area contributed by atoms with Crippen molar-refractivity contribution in [2.75, 3.05) is 14.2 Å². The zero-order chi connectivity index (χ0) is 15.3. The lowest BCUT2D eigenvalue weighted by atomic mass is 10.1. The van der Waals surface area contributed by atoms with Crippen molar-refractivity contribution in [2.24, 2.45) is 0 Å². The lowest BCUT2D eigenvalue weighted by molar-refractivity contribution is -0.151. The Morgan fingerprint density at radius 2 is 1.60 bits per heavy atom. The summed E-state index contributed by atoms with van der Waals surface area (Å²) < 4.78 is 8.74. The highest BCUT2D eigenvalue weighted by atomic mass is 35.5. The van der Waals surface area contributed by atoms with Gasteiger partial charge >= 0.3 is 11.9 Å². The molecule has 0 radical (unpaired) electrons. The highest BCUT2D eigenvalue weighted by Crippen LogP contribution is 2.24. The summed E-state index contributed by atoms with van der Waals surface area (Å²) in [7, 11) is 2.13. The number of ether oxygens (including phenoxy) is 2. The summed E-state index contributed by atoms with van der Waals surface area (Å²) in [6.07, 6.45) is 1.17. The largest absolute Gasteiger partial charge is 0.465 e. The number of Topliss-reactive ketones (excluding diaryl/α,β-unsaturated/α-hetero) is 1. The summed E-state index contributed by atoms with van der Waals surface area (Å²) in [5.41, 5.74) is -0.0465. The molecule has 0 unspecified atom stereocenters. The van der Waals surface area contributed by atoms with E-state index in [2.05, 4.69) is 9.47 Å². The van der Waals surface area contributed by atoms with Crippen LogP contribution in [0.5, 0.6) is 0 Å². The van der Waals surface area contributed by atoms with Gasteiger partial charge in [-0.3, -0.25) is 4.79 Å². The molecule has 106 valence electrons. The van der Waals surface area contributed by atoms with Crippen LogP contribution < -0.4 is 0 Å². The van der Waals surface area contributed by atoms with Crippen LogP contribution in [0.3, 0.4) is 0 Å². The Balaban J connectivity index is 3.26. The molecule has 0 heterocycles. The van der Waals surface area contributed by atoms with Crippen molar-refractivity contribution in [1.82, 2.24) is 0 Å².